The molecule has 0 spiro atoms. The van der Waals surface area contributed by atoms with Crippen molar-refractivity contribution in [3.05, 3.63) is 34.3 Å². The molecule has 2 aromatic rings. The van der Waals surface area contributed by atoms with E-state index in [2.05, 4.69) is 16.4 Å². The van der Waals surface area contributed by atoms with Crippen molar-refractivity contribution < 1.29 is 13.9 Å². The van der Waals surface area contributed by atoms with Gasteiger partial charge in [-0.1, -0.05) is 6.08 Å². The Kier molecular flexibility index (Phi) is 3.47. The van der Waals surface area contributed by atoms with Crippen molar-refractivity contribution in [2.45, 2.75) is 6.42 Å². The third-order valence-corrected chi connectivity index (χ3v) is 3.23. The minimum atomic E-state index is -0.470. The van der Waals surface area contributed by atoms with Gasteiger partial charge in [0.15, 0.2) is 5.58 Å². The van der Waals surface area contributed by atoms with Gasteiger partial charge in [-0.3, -0.25) is 4.98 Å². The fourth-order valence-corrected chi connectivity index (χ4v) is 2.22. The number of hydrogen-bond acceptors (Lipinski definition) is 5. The molecule has 1 aliphatic rings. The Morgan fingerprint density at radius 3 is 3.10 bits per heavy atom. The average molecular weight is 276 g/mol. The molecule has 0 radical (unpaired) electrons. The number of aromatic nitrogens is 1. The third-order valence-electron chi connectivity index (χ3n) is 3.23. The molecule has 0 saturated heterocycles. The normalized spacial score (nSPS) is 15.2. The van der Waals surface area contributed by atoms with Gasteiger partial charge in [-0.25, -0.2) is 4.79 Å². The second kappa shape index (κ2) is 5.42. The second-order valence-electron chi connectivity index (χ2n) is 4.62. The maximum absolute atomic E-state index is 11.2. The molecule has 1 aliphatic heterocycles. The number of anilines is 1. The number of ether oxygens (including phenoxy) is 2. The summed E-state index contributed by atoms with van der Waals surface area (Å²) in [7, 11) is 1.59. The first-order valence-electron chi connectivity index (χ1n) is 6.46. The number of methoxy groups -OCH3 is 1. The lowest BCUT2D eigenvalue weighted by Crippen LogP contribution is -2.14. The quantitative estimate of drug-likeness (QED) is 0.834. The summed E-state index contributed by atoms with van der Waals surface area (Å²) in [6.07, 6.45) is 3.12. The van der Waals surface area contributed by atoms with Crippen LogP contribution in [-0.2, 0) is 4.74 Å². The molecular formula is C14H16N2O4. The topological polar surface area (TPSA) is 76.5 Å². The number of H-pyrrole nitrogens is 1. The molecule has 0 atom stereocenters. The average Bonchev–Trinajstić information content (AvgIpc) is 2.84. The number of rotatable bonds is 4. The predicted octanol–water partition coefficient (Wildman–Crippen LogP) is 1.89. The summed E-state index contributed by atoms with van der Waals surface area (Å²) in [6.45, 7) is 2.11. The molecule has 20 heavy (non-hydrogen) atoms. The van der Waals surface area contributed by atoms with Crippen LogP contribution < -0.4 is 15.8 Å². The molecule has 0 bridgehead atoms. The zero-order chi connectivity index (χ0) is 13.9. The fraction of sp³-hybridized carbons (Fsp3) is 0.357. The zero-order valence-corrected chi connectivity index (χ0v) is 11.2. The Bertz CT molecular complexity index is 699. The van der Waals surface area contributed by atoms with Gasteiger partial charge in [0.25, 0.3) is 0 Å². The third kappa shape index (κ3) is 2.55. The number of oxazole rings is 1. The van der Waals surface area contributed by atoms with Crippen LogP contribution in [0.1, 0.15) is 6.42 Å². The van der Waals surface area contributed by atoms with E-state index in [1.54, 1.807) is 19.2 Å². The molecule has 0 saturated carbocycles. The Balaban J connectivity index is 1.85. The predicted molar refractivity (Wildman–Crippen MR) is 75.4 cm³/mol. The molecule has 0 unspecified atom stereocenters. The lowest BCUT2D eigenvalue weighted by atomic mass is 10.2. The highest BCUT2D eigenvalue weighted by Gasteiger charge is 2.10. The van der Waals surface area contributed by atoms with Crippen LogP contribution in [0.3, 0.4) is 0 Å². The van der Waals surface area contributed by atoms with Crippen LogP contribution in [0.2, 0.25) is 0 Å². The molecule has 2 N–H and O–H groups in total. The van der Waals surface area contributed by atoms with Gasteiger partial charge < -0.3 is 19.2 Å². The largest absolute Gasteiger partial charge is 0.495 e. The lowest BCUT2D eigenvalue weighted by Gasteiger charge is -2.16. The summed E-state index contributed by atoms with van der Waals surface area (Å²) in [4.78, 5) is 13.8. The van der Waals surface area contributed by atoms with E-state index in [0.717, 1.165) is 18.7 Å². The Morgan fingerprint density at radius 1 is 1.45 bits per heavy atom. The molecule has 6 nitrogen and oxygen atoms in total. The van der Waals surface area contributed by atoms with Gasteiger partial charge in [0.05, 0.1) is 31.5 Å². The van der Waals surface area contributed by atoms with E-state index in [1.165, 1.54) is 5.57 Å². The molecule has 106 valence electrons. The summed E-state index contributed by atoms with van der Waals surface area (Å²) >= 11 is 0. The number of nitrogens with one attached hydrogen (secondary N) is 2. The van der Waals surface area contributed by atoms with Crippen LogP contribution in [0, 0.1) is 0 Å². The first-order valence-corrected chi connectivity index (χ1v) is 6.46. The molecule has 1 aromatic heterocycles. The van der Waals surface area contributed by atoms with E-state index >= 15 is 0 Å². The minimum Gasteiger partial charge on any atom is -0.495 e. The Hall–Kier alpha value is -2.21. The van der Waals surface area contributed by atoms with Gasteiger partial charge in [0.2, 0.25) is 0 Å². The molecule has 2 heterocycles. The molecule has 3 rings (SSSR count). The van der Waals surface area contributed by atoms with Gasteiger partial charge in [0, 0.05) is 18.7 Å². The molecular weight excluding hydrogens is 260 g/mol. The monoisotopic (exact) mass is 276 g/mol. The van der Waals surface area contributed by atoms with E-state index in [-0.39, 0.29) is 0 Å². The molecule has 0 fully saturated rings. The molecule has 0 aliphatic carbocycles. The SMILES string of the molecule is COc1cc2[nH]c(=O)oc2cc1NCC1=CCCOC1. The van der Waals surface area contributed by atoms with Crippen molar-refractivity contribution in [2.24, 2.45) is 0 Å². The lowest BCUT2D eigenvalue weighted by molar-refractivity contribution is 0.150. The maximum Gasteiger partial charge on any atom is 0.417 e. The summed E-state index contributed by atoms with van der Waals surface area (Å²) in [5.41, 5.74) is 3.12. The van der Waals surface area contributed by atoms with Crippen molar-refractivity contribution in [1.82, 2.24) is 4.98 Å². The van der Waals surface area contributed by atoms with Crippen LogP contribution in [0.15, 0.2) is 33.0 Å². The summed E-state index contributed by atoms with van der Waals surface area (Å²) in [6, 6.07) is 3.50. The number of fused-ring (bicyclic) bond motifs is 1. The van der Waals surface area contributed by atoms with Crippen molar-refractivity contribution in [2.75, 3.05) is 32.2 Å². The summed E-state index contributed by atoms with van der Waals surface area (Å²) in [5.74, 6) is 0.189. The Morgan fingerprint density at radius 2 is 2.35 bits per heavy atom. The van der Waals surface area contributed by atoms with Gasteiger partial charge in [-0.05, 0) is 12.0 Å². The molecule has 1 aromatic carbocycles. The smallest absolute Gasteiger partial charge is 0.417 e. The van der Waals surface area contributed by atoms with Gasteiger partial charge in [-0.15, -0.1) is 0 Å². The number of benzene rings is 1. The van der Waals surface area contributed by atoms with Crippen LogP contribution in [0.4, 0.5) is 5.69 Å². The number of aromatic amines is 1. The highest BCUT2D eigenvalue weighted by molar-refractivity contribution is 5.81. The first-order chi connectivity index (χ1) is 9.76. The van der Waals surface area contributed by atoms with Crippen LogP contribution in [-0.4, -0.2) is 31.9 Å². The van der Waals surface area contributed by atoms with Crippen LogP contribution >= 0.6 is 0 Å². The van der Waals surface area contributed by atoms with Crippen molar-refractivity contribution >= 4 is 16.8 Å². The van der Waals surface area contributed by atoms with E-state index in [0.29, 0.717) is 30.0 Å². The highest BCUT2D eigenvalue weighted by Crippen LogP contribution is 2.29. The standard InChI is InChI=1S/C14H16N2O4/c1-18-12-6-11-13(20-14(17)16-11)5-10(12)15-7-9-3-2-4-19-8-9/h3,5-6,15H,2,4,7-8H2,1H3,(H,16,17). The van der Waals surface area contributed by atoms with E-state index < -0.39 is 5.76 Å². The van der Waals surface area contributed by atoms with Crippen LogP contribution in [0.25, 0.3) is 11.1 Å². The number of hydrogen-bond donors (Lipinski definition) is 2. The second-order valence-corrected chi connectivity index (χ2v) is 4.62. The van der Waals surface area contributed by atoms with E-state index in [9.17, 15) is 4.79 Å². The van der Waals surface area contributed by atoms with E-state index in [4.69, 9.17) is 13.9 Å². The van der Waals surface area contributed by atoms with Gasteiger partial charge in [-0.2, -0.15) is 0 Å². The van der Waals surface area contributed by atoms with E-state index in [1.807, 2.05) is 0 Å². The fourth-order valence-electron chi connectivity index (χ4n) is 2.22. The molecule has 0 amide bonds. The minimum absolute atomic E-state index is 0.470. The van der Waals surface area contributed by atoms with Crippen molar-refractivity contribution in [3.8, 4) is 5.75 Å². The summed E-state index contributed by atoms with van der Waals surface area (Å²) in [5, 5.41) is 3.29. The molecule has 6 heteroatoms. The zero-order valence-electron chi connectivity index (χ0n) is 11.2. The first kappa shape index (κ1) is 12.8. The van der Waals surface area contributed by atoms with Crippen molar-refractivity contribution in [1.29, 1.82) is 0 Å². The Labute approximate surface area is 115 Å². The van der Waals surface area contributed by atoms with Gasteiger partial charge in [0.1, 0.15) is 5.75 Å². The van der Waals surface area contributed by atoms with Crippen LogP contribution in [0.5, 0.6) is 5.75 Å². The van der Waals surface area contributed by atoms with Crippen molar-refractivity contribution in [3.63, 3.8) is 0 Å². The van der Waals surface area contributed by atoms with Gasteiger partial charge >= 0.3 is 5.76 Å². The maximum atomic E-state index is 11.2. The highest BCUT2D eigenvalue weighted by atomic mass is 16.5. The summed E-state index contributed by atoms with van der Waals surface area (Å²) < 4.78 is 15.8.